The number of amides is 3. The predicted molar refractivity (Wildman–Crippen MR) is 145 cm³/mol. The zero-order valence-electron chi connectivity index (χ0n) is 22.9. The van der Waals surface area contributed by atoms with Crippen LogP contribution >= 0.6 is 0 Å². The molecule has 1 aromatic carbocycles. The van der Waals surface area contributed by atoms with Gasteiger partial charge in [-0.1, -0.05) is 30.3 Å². The Balaban J connectivity index is 1.34. The summed E-state index contributed by atoms with van der Waals surface area (Å²) in [6, 6.07) is 11.1. The number of benzene rings is 1. The van der Waals surface area contributed by atoms with Gasteiger partial charge in [-0.25, -0.2) is 9.59 Å². The van der Waals surface area contributed by atoms with Crippen molar-refractivity contribution in [2.45, 2.75) is 56.7 Å². The number of hydrogen-bond acceptors (Lipinski definition) is 9. The number of nitrogens with one attached hydrogen (secondary N) is 1. The summed E-state index contributed by atoms with van der Waals surface area (Å²) in [6.07, 6.45) is 1.27. The molecule has 0 radical (unpaired) electrons. The molecule has 1 aromatic rings. The van der Waals surface area contributed by atoms with Gasteiger partial charge < -0.3 is 29.7 Å². The normalized spacial score (nSPS) is 22.6. The van der Waals surface area contributed by atoms with Crippen LogP contribution in [0.2, 0.25) is 0 Å². The number of piperazine rings is 1. The van der Waals surface area contributed by atoms with Crippen molar-refractivity contribution in [3.8, 4) is 6.07 Å². The number of likely N-dealkylation sites (tertiary alicyclic amines) is 1. The standard InChI is InChI=1S/C27H36BN5O7/c1-27(2,32-11-12-33-21(16-32)18-39-26(33)36)14-20(15-29)24(34)31-10-6-9-22(17-31)40-25(35)30-23(28(37)38)13-19-7-4-3-5-8-19/h3-5,7-8,14,21-23,37-38H,6,9-13,16-18H2,1-2H3,(H,30,35)/t21-,22-,23-/m0/s1. The summed E-state index contributed by atoms with van der Waals surface area (Å²) in [5, 5.41) is 31.9. The SMILES string of the molecule is CC(C)(C=C(C#N)C(=O)N1CCC[C@H](OC(=O)N[C@@H](Cc2ccccc2)B(O)O)C1)N1CCN2C(=O)OC[C@@H]2C1. The van der Waals surface area contributed by atoms with Crippen molar-refractivity contribution in [3.63, 3.8) is 0 Å². The van der Waals surface area contributed by atoms with Crippen LogP contribution in [0.25, 0.3) is 0 Å². The molecule has 3 heterocycles. The number of alkyl carbamates (subject to hydrolysis) is 1. The minimum Gasteiger partial charge on any atom is -0.447 e. The van der Waals surface area contributed by atoms with Crippen LogP contribution in [0, 0.1) is 11.3 Å². The van der Waals surface area contributed by atoms with Crippen molar-refractivity contribution in [2.75, 3.05) is 39.3 Å². The molecule has 0 saturated carbocycles. The van der Waals surface area contributed by atoms with Gasteiger partial charge in [-0.05, 0) is 44.7 Å². The van der Waals surface area contributed by atoms with Crippen LogP contribution in [0.1, 0.15) is 32.3 Å². The maximum absolute atomic E-state index is 13.3. The first-order valence-corrected chi connectivity index (χ1v) is 13.5. The Morgan fingerprint density at radius 2 is 2.00 bits per heavy atom. The molecule has 40 heavy (non-hydrogen) atoms. The fourth-order valence-electron chi connectivity index (χ4n) is 5.42. The van der Waals surface area contributed by atoms with Crippen LogP contribution in [0.5, 0.6) is 0 Å². The van der Waals surface area contributed by atoms with Crippen molar-refractivity contribution >= 4 is 25.2 Å². The van der Waals surface area contributed by atoms with Gasteiger partial charge in [0.2, 0.25) is 0 Å². The van der Waals surface area contributed by atoms with E-state index in [0.717, 1.165) is 5.56 Å². The highest BCUT2D eigenvalue weighted by Gasteiger charge is 2.41. The molecule has 3 aliphatic rings. The van der Waals surface area contributed by atoms with E-state index in [-0.39, 0.29) is 30.7 Å². The summed E-state index contributed by atoms with van der Waals surface area (Å²) in [4.78, 5) is 43.1. The van der Waals surface area contributed by atoms with E-state index < -0.39 is 36.7 Å². The topological polar surface area (TPSA) is 156 Å². The quantitative estimate of drug-likeness (QED) is 0.240. The van der Waals surface area contributed by atoms with Gasteiger partial charge >= 0.3 is 19.3 Å². The highest BCUT2D eigenvalue weighted by Crippen LogP contribution is 2.26. The van der Waals surface area contributed by atoms with Crippen molar-refractivity contribution < 1.29 is 33.9 Å². The van der Waals surface area contributed by atoms with Crippen LogP contribution in [-0.2, 0) is 20.7 Å². The van der Waals surface area contributed by atoms with E-state index in [4.69, 9.17) is 9.47 Å². The number of nitrogens with zero attached hydrogens (tertiary/aromatic N) is 4. The van der Waals surface area contributed by atoms with Gasteiger partial charge in [0.1, 0.15) is 24.4 Å². The molecule has 0 aromatic heterocycles. The molecule has 3 amide bonds. The van der Waals surface area contributed by atoms with Crippen LogP contribution in [0.15, 0.2) is 42.0 Å². The van der Waals surface area contributed by atoms with E-state index in [1.807, 2.05) is 50.2 Å². The second kappa shape index (κ2) is 12.7. The second-order valence-corrected chi connectivity index (χ2v) is 11.0. The zero-order valence-corrected chi connectivity index (χ0v) is 22.9. The second-order valence-electron chi connectivity index (χ2n) is 11.0. The molecule has 3 saturated heterocycles. The summed E-state index contributed by atoms with van der Waals surface area (Å²) in [5.74, 6) is -1.41. The fourth-order valence-corrected chi connectivity index (χ4v) is 5.42. The van der Waals surface area contributed by atoms with Crippen molar-refractivity contribution in [1.82, 2.24) is 20.0 Å². The highest BCUT2D eigenvalue weighted by molar-refractivity contribution is 6.43. The summed E-state index contributed by atoms with van der Waals surface area (Å²) in [5.41, 5.74) is 0.201. The van der Waals surface area contributed by atoms with Gasteiger partial charge in [0.15, 0.2) is 0 Å². The number of cyclic esters (lactones) is 1. The average Bonchev–Trinajstić information content (AvgIpc) is 3.31. The molecule has 3 aliphatic heterocycles. The number of rotatable bonds is 8. The van der Waals surface area contributed by atoms with Crippen LogP contribution in [-0.4, -0.2) is 113 Å². The molecule has 12 nitrogen and oxygen atoms in total. The van der Waals surface area contributed by atoms with Gasteiger partial charge in [0, 0.05) is 31.7 Å². The number of hydrogen-bond donors (Lipinski definition) is 3. The lowest BCUT2D eigenvalue weighted by Crippen LogP contribution is -2.58. The van der Waals surface area contributed by atoms with Crippen molar-refractivity contribution in [1.29, 1.82) is 5.26 Å². The minimum atomic E-state index is -1.78. The molecule has 3 N–H and O–H groups in total. The van der Waals surface area contributed by atoms with E-state index >= 15 is 0 Å². The lowest BCUT2D eigenvalue weighted by atomic mass is 9.76. The lowest BCUT2D eigenvalue weighted by Gasteiger charge is -2.43. The van der Waals surface area contributed by atoms with Gasteiger partial charge in [-0.3, -0.25) is 14.6 Å². The number of ether oxygens (including phenoxy) is 2. The van der Waals surface area contributed by atoms with E-state index in [1.54, 1.807) is 11.0 Å². The Labute approximate surface area is 234 Å². The first-order chi connectivity index (χ1) is 19.1. The third-order valence-corrected chi connectivity index (χ3v) is 7.68. The molecule has 0 aliphatic carbocycles. The van der Waals surface area contributed by atoms with Crippen LogP contribution < -0.4 is 5.32 Å². The summed E-state index contributed by atoms with van der Waals surface area (Å²) < 4.78 is 10.7. The third-order valence-electron chi connectivity index (χ3n) is 7.68. The Morgan fingerprint density at radius 1 is 1.25 bits per heavy atom. The maximum atomic E-state index is 13.3. The number of fused-ring (bicyclic) bond motifs is 1. The first-order valence-electron chi connectivity index (χ1n) is 13.5. The highest BCUT2D eigenvalue weighted by atomic mass is 16.6. The van der Waals surface area contributed by atoms with E-state index in [9.17, 15) is 29.7 Å². The Hall–Kier alpha value is -3.60. The van der Waals surface area contributed by atoms with Gasteiger partial charge in [-0.15, -0.1) is 0 Å². The summed E-state index contributed by atoms with van der Waals surface area (Å²) in [7, 11) is -1.78. The first kappa shape index (κ1) is 29.4. The van der Waals surface area contributed by atoms with Gasteiger partial charge in [0.05, 0.1) is 18.5 Å². The number of nitriles is 1. The molecule has 0 bridgehead atoms. The van der Waals surface area contributed by atoms with Crippen LogP contribution in [0.3, 0.4) is 0 Å². The fraction of sp³-hybridized carbons (Fsp3) is 0.556. The molecule has 0 unspecified atom stereocenters. The summed E-state index contributed by atoms with van der Waals surface area (Å²) in [6.45, 7) is 6.41. The average molecular weight is 553 g/mol. The van der Waals surface area contributed by atoms with E-state index in [1.165, 1.54) is 4.90 Å². The molecular weight excluding hydrogens is 517 g/mol. The third kappa shape index (κ3) is 7.13. The molecule has 3 fully saturated rings. The molecule has 13 heteroatoms. The lowest BCUT2D eigenvalue weighted by molar-refractivity contribution is -0.129. The van der Waals surface area contributed by atoms with Crippen molar-refractivity contribution in [2.24, 2.45) is 0 Å². The number of carbonyl (C=O) groups excluding carboxylic acids is 3. The smallest absolute Gasteiger partial charge is 0.447 e. The predicted octanol–water partition coefficient (Wildman–Crippen LogP) is 0.692. The Morgan fingerprint density at radius 3 is 2.70 bits per heavy atom. The van der Waals surface area contributed by atoms with Crippen molar-refractivity contribution in [3.05, 3.63) is 47.5 Å². The Bertz CT molecular complexity index is 1160. The summed E-state index contributed by atoms with van der Waals surface area (Å²) >= 11 is 0. The van der Waals surface area contributed by atoms with E-state index in [2.05, 4.69) is 10.2 Å². The number of piperidine rings is 1. The molecular formula is C27H36BN5O7. The Kier molecular flexibility index (Phi) is 9.34. The molecule has 4 rings (SSSR count). The van der Waals surface area contributed by atoms with Gasteiger partial charge in [0.25, 0.3) is 5.91 Å². The van der Waals surface area contributed by atoms with Gasteiger partial charge in [-0.2, -0.15) is 5.26 Å². The number of carbonyl (C=O) groups is 3. The maximum Gasteiger partial charge on any atom is 0.475 e. The molecule has 0 spiro atoms. The minimum absolute atomic E-state index is 0.00241. The zero-order chi connectivity index (χ0) is 28.9. The molecule has 3 atom stereocenters. The monoisotopic (exact) mass is 553 g/mol. The van der Waals surface area contributed by atoms with E-state index in [0.29, 0.717) is 45.6 Å². The van der Waals surface area contributed by atoms with Crippen LogP contribution in [0.4, 0.5) is 9.59 Å². The molecule has 214 valence electrons. The largest absolute Gasteiger partial charge is 0.475 e.